The van der Waals surface area contributed by atoms with E-state index < -0.39 is 15.6 Å². The van der Waals surface area contributed by atoms with Gasteiger partial charge in [0, 0.05) is 19.3 Å². The summed E-state index contributed by atoms with van der Waals surface area (Å²) in [7, 11) is -3.63. The van der Waals surface area contributed by atoms with Gasteiger partial charge in [0.05, 0.1) is 5.60 Å². The summed E-state index contributed by atoms with van der Waals surface area (Å²) in [4.78, 5) is 3.85. The molecule has 2 rings (SSSR count). The number of nitrogen functional groups attached to an aromatic ring is 1. The zero-order valence-corrected chi connectivity index (χ0v) is 11.7. The van der Waals surface area contributed by atoms with E-state index in [4.69, 9.17) is 5.73 Å². The highest BCUT2D eigenvalue weighted by Crippen LogP contribution is 2.26. The monoisotopic (exact) mass is 285 g/mol. The first kappa shape index (κ1) is 14.2. The summed E-state index contributed by atoms with van der Waals surface area (Å²) in [6, 6.07) is 3.01. The third-order valence-electron chi connectivity index (χ3n) is 3.44. The second kappa shape index (κ2) is 5.07. The van der Waals surface area contributed by atoms with Crippen molar-refractivity contribution in [1.82, 2.24) is 9.29 Å². The second-order valence-corrected chi connectivity index (χ2v) is 7.05. The van der Waals surface area contributed by atoms with Crippen molar-refractivity contribution in [2.75, 3.05) is 18.8 Å². The lowest BCUT2D eigenvalue weighted by Gasteiger charge is -2.22. The number of nitrogens with two attached hydrogens (primary N) is 1. The van der Waals surface area contributed by atoms with Gasteiger partial charge in [-0.2, -0.15) is 4.31 Å². The highest BCUT2D eigenvalue weighted by atomic mass is 32.2. The van der Waals surface area contributed by atoms with Crippen LogP contribution in [0.25, 0.3) is 0 Å². The minimum atomic E-state index is -3.63. The fourth-order valence-corrected chi connectivity index (χ4v) is 3.79. The van der Waals surface area contributed by atoms with E-state index in [0.717, 1.165) is 0 Å². The molecule has 19 heavy (non-hydrogen) atoms. The van der Waals surface area contributed by atoms with E-state index in [-0.39, 0.29) is 10.7 Å². The third kappa shape index (κ3) is 3.05. The van der Waals surface area contributed by atoms with Gasteiger partial charge in [-0.3, -0.25) is 0 Å². The maximum absolute atomic E-state index is 12.5. The number of hydrogen-bond acceptors (Lipinski definition) is 5. The summed E-state index contributed by atoms with van der Waals surface area (Å²) < 4.78 is 26.4. The van der Waals surface area contributed by atoms with Crippen LogP contribution in [0.3, 0.4) is 0 Å². The first-order chi connectivity index (χ1) is 8.83. The van der Waals surface area contributed by atoms with Gasteiger partial charge in [-0.05, 0) is 38.3 Å². The number of pyridine rings is 1. The molecule has 106 valence electrons. The first-order valence-electron chi connectivity index (χ1n) is 6.26. The smallest absolute Gasteiger partial charge is 0.246 e. The summed E-state index contributed by atoms with van der Waals surface area (Å²) in [6.45, 7) is 2.43. The van der Waals surface area contributed by atoms with Crippen LogP contribution in [-0.4, -0.2) is 41.5 Å². The number of nitrogens with zero attached hydrogens (tertiary/aromatic N) is 2. The zero-order valence-electron chi connectivity index (χ0n) is 10.9. The third-order valence-corrected chi connectivity index (χ3v) is 5.39. The molecular weight excluding hydrogens is 266 g/mol. The SMILES string of the molecule is CC1(O)CCCN(S(=O)(=O)c2cccnc2N)CC1. The molecule has 0 aliphatic carbocycles. The van der Waals surface area contributed by atoms with E-state index in [2.05, 4.69) is 4.98 Å². The maximum atomic E-state index is 12.5. The van der Waals surface area contributed by atoms with Gasteiger partial charge in [-0.25, -0.2) is 13.4 Å². The molecule has 1 aromatic heterocycles. The average Bonchev–Trinajstić information content (AvgIpc) is 2.51. The van der Waals surface area contributed by atoms with Gasteiger partial charge >= 0.3 is 0 Å². The lowest BCUT2D eigenvalue weighted by molar-refractivity contribution is 0.0465. The molecule has 0 saturated carbocycles. The Bertz CT molecular complexity index is 557. The number of aliphatic hydroxyl groups is 1. The molecule has 7 heteroatoms. The number of hydrogen-bond donors (Lipinski definition) is 2. The molecule has 3 N–H and O–H groups in total. The topological polar surface area (TPSA) is 96.5 Å². The minimum absolute atomic E-state index is 0.0125. The van der Waals surface area contributed by atoms with Gasteiger partial charge in [-0.15, -0.1) is 0 Å². The Balaban J connectivity index is 2.28. The molecule has 1 atom stereocenters. The number of rotatable bonds is 2. The molecule has 0 bridgehead atoms. The number of sulfonamides is 1. The number of aromatic nitrogens is 1. The zero-order chi connectivity index (χ0) is 14.1. The Hall–Kier alpha value is -1.18. The summed E-state index contributed by atoms with van der Waals surface area (Å²) in [5.41, 5.74) is 4.84. The largest absolute Gasteiger partial charge is 0.390 e. The van der Waals surface area contributed by atoms with Crippen LogP contribution in [0, 0.1) is 0 Å². The van der Waals surface area contributed by atoms with Gasteiger partial charge in [0.25, 0.3) is 0 Å². The molecule has 1 aromatic rings. The molecule has 0 aromatic carbocycles. The Labute approximate surface area is 113 Å². The quantitative estimate of drug-likeness (QED) is 0.829. The van der Waals surface area contributed by atoms with Crippen molar-refractivity contribution in [3.63, 3.8) is 0 Å². The standard InChI is InChI=1S/C12H19N3O3S/c1-12(16)5-3-8-15(9-6-12)19(17,18)10-4-2-7-14-11(10)13/h2,4,7,16H,3,5-6,8-9H2,1H3,(H2,13,14). The van der Waals surface area contributed by atoms with E-state index in [0.29, 0.717) is 32.4 Å². The van der Waals surface area contributed by atoms with E-state index in [1.807, 2.05) is 0 Å². The molecule has 1 fully saturated rings. The van der Waals surface area contributed by atoms with Crippen LogP contribution in [0.1, 0.15) is 26.2 Å². The Kier molecular flexibility index (Phi) is 3.80. The Morgan fingerprint density at radius 2 is 2.16 bits per heavy atom. The molecule has 1 unspecified atom stereocenters. The van der Waals surface area contributed by atoms with Gasteiger partial charge in [-0.1, -0.05) is 0 Å². The van der Waals surface area contributed by atoms with Crippen molar-refractivity contribution in [3.05, 3.63) is 18.3 Å². The van der Waals surface area contributed by atoms with Gasteiger partial charge in [0.1, 0.15) is 10.7 Å². The Morgan fingerprint density at radius 1 is 1.42 bits per heavy atom. The molecule has 0 spiro atoms. The normalized spacial score (nSPS) is 26.0. The predicted molar refractivity (Wildman–Crippen MR) is 71.9 cm³/mol. The van der Waals surface area contributed by atoms with E-state index in [1.54, 1.807) is 13.0 Å². The summed E-state index contributed by atoms with van der Waals surface area (Å²) in [5.74, 6) is 0.0125. The van der Waals surface area contributed by atoms with Crippen molar-refractivity contribution in [2.45, 2.75) is 36.7 Å². The highest BCUT2D eigenvalue weighted by molar-refractivity contribution is 7.89. The number of anilines is 1. The van der Waals surface area contributed by atoms with Gasteiger partial charge in [0.15, 0.2) is 0 Å². The molecule has 6 nitrogen and oxygen atoms in total. The lowest BCUT2D eigenvalue weighted by atomic mass is 9.98. The van der Waals surface area contributed by atoms with E-state index in [1.165, 1.54) is 16.6 Å². The molecule has 0 radical (unpaired) electrons. The molecule has 2 heterocycles. The highest BCUT2D eigenvalue weighted by Gasteiger charge is 2.32. The second-order valence-electron chi connectivity index (χ2n) is 5.14. The molecule has 1 aliphatic rings. The lowest BCUT2D eigenvalue weighted by Crippen LogP contribution is -2.34. The predicted octanol–water partition coefficient (Wildman–Crippen LogP) is 0.589. The van der Waals surface area contributed by atoms with Crippen LogP contribution in [0.5, 0.6) is 0 Å². The molecular formula is C12H19N3O3S. The molecule has 1 aliphatic heterocycles. The fraction of sp³-hybridized carbons (Fsp3) is 0.583. The summed E-state index contributed by atoms with van der Waals surface area (Å²) in [6.07, 6.45) is 3.11. The Morgan fingerprint density at radius 3 is 2.84 bits per heavy atom. The van der Waals surface area contributed by atoms with E-state index in [9.17, 15) is 13.5 Å². The van der Waals surface area contributed by atoms with Crippen LogP contribution in [0.15, 0.2) is 23.2 Å². The van der Waals surface area contributed by atoms with Crippen LogP contribution < -0.4 is 5.73 Å². The van der Waals surface area contributed by atoms with Crippen LogP contribution in [-0.2, 0) is 10.0 Å². The van der Waals surface area contributed by atoms with E-state index >= 15 is 0 Å². The van der Waals surface area contributed by atoms with Crippen molar-refractivity contribution in [2.24, 2.45) is 0 Å². The summed E-state index contributed by atoms with van der Waals surface area (Å²) in [5, 5.41) is 10.0. The van der Waals surface area contributed by atoms with Crippen LogP contribution in [0.4, 0.5) is 5.82 Å². The van der Waals surface area contributed by atoms with Crippen LogP contribution in [0.2, 0.25) is 0 Å². The average molecular weight is 285 g/mol. The molecule has 0 amide bonds. The van der Waals surface area contributed by atoms with Crippen molar-refractivity contribution in [3.8, 4) is 0 Å². The maximum Gasteiger partial charge on any atom is 0.246 e. The van der Waals surface area contributed by atoms with Crippen molar-refractivity contribution < 1.29 is 13.5 Å². The van der Waals surface area contributed by atoms with Crippen molar-refractivity contribution in [1.29, 1.82) is 0 Å². The molecule has 1 saturated heterocycles. The first-order valence-corrected chi connectivity index (χ1v) is 7.70. The van der Waals surface area contributed by atoms with Crippen LogP contribution >= 0.6 is 0 Å². The minimum Gasteiger partial charge on any atom is -0.390 e. The van der Waals surface area contributed by atoms with Gasteiger partial charge < -0.3 is 10.8 Å². The van der Waals surface area contributed by atoms with Gasteiger partial charge in [0.2, 0.25) is 10.0 Å². The fourth-order valence-electron chi connectivity index (χ4n) is 2.24. The van der Waals surface area contributed by atoms with Crippen molar-refractivity contribution >= 4 is 15.8 Å². The summed E-state index contributed by atoms with van der Waals surface area (Å²) >= 11 is 0.